The highest BCUT2D eigenvalue weighted by Crippen LogP contribution is 2.29. The lowest BCUT2D eigenvalue weighted by Crippen LogP contribution is -2.37. The third kappa shape index (κ3) is 3.37. The highest BCUT2D eigenvalue weighted by atomic mass is 32.2. The van der Waals surface area contributed by atoms with Crippen LogP contribution < -0.4 is 5.73 Å². The number of nitrogens with zero attached hydrogens (tertiary/aromatic N) is 1. The van der Waals surface area contributed by atoms with Gasteiger partial charge in [0.05, 0.1) is 10.1 Å². The van der Waals surface area contributed by atoms with Gasteiger partial charge in [0.1, 0.15) is 0 Å². The number of nitrogen functional groups attached to an aromatic ring is 1. The molecule has 6 heteroatoms. The summed E-state index contributed by atoms with van der Waals surface area (Å²) in [6.07, 6.45) is 5.84. The van der Waals surface area contributed by atoms with Gasteiger partial charge in [-0.3, -0.25) is 4.79 Å². The quantitative estimate of drug-likeness (QED) is 0.858. The van der Waals surface area contributed by atoms with E-state index in [2.05, 4.69) is 0 Å². The fourth-order valence-electron chi connectivity index (χ4n) is 3.64. The van der Waals surface area contributed by atoms with E-state index < -0.39 is 15.1 Å². The molecule has 1 saturated carbocycles. The Balaban J connectivity index is 1.69. The second kappa shape index (κ2) is 6.51. The topological polar surface area (TPSA) is 80.5 Å². The molecule has 5 nitrogen and oxygen atoms in total. The van der Waals surface area contributed by atoms with Gasteiger partial charge in [-0.2, -0.15) is 0 Å². The average Bonchev–Trinajstić information content (AvgIpc) is 3.06. The van der Waals surface area contributed by atoms with Gasteiger partial charge in [0.2, 0.25) is 5.91 Å². The lowest BCUT2D eigenvalue weighted by atomic mass is 9.88. The third-order valence-electron chi connectivity index (χ3n) is 5.06. The van der Waals surface area contributed by atoms with Gasteiger partial charge in [-0.1, -0.05) is 19.3 Å². The van der Waals surface area contributed by atoms with Crippen molar-refractivity contribution in [3.8, 4) is 0 Å². The number of carbonyl (C=O) groups is 1. The van der Waals surface area contributed by atoms with E-state index in [9.17, 15) is 13.2 Å². The number of likely N-dealkylation sites (tertiary alicyclic amines) is 1. The zero-order chi connectivity index (χ0) is 16.4. The summed E-state index contributed by atoms with van der Waals surface area (Å²) in [5.41, 5.74) is 6.17. The minimum atomic E-state index is -3.40. The molecule has 1 aliphatic carbocycles. The first-order valence-corrected chi connectivity index (χ1v) is 9.91. The molecule has 1 saturated heterocycles. The second-order valence-electron chi connectivity index (χ2n) is 6.64. The molecule has 1 aromatic rings. The van der Waals surface area contributed by atoms with Crippen molar-refractivity contribution >= 4 is 21.4 Å². The molecule has 2 fully saturated rings. The number of nitrogens with two attached hydrogens (primary N) is 1. The molecule has 126 valence electrons. The summed E-state index contributed by atoms with van der Waals surface area (Å²) in [5, 5.41) is -0.501. The molecular weight excluding hydrogens is 312 g/mol. The van der Waals surface area contributed by atoms with Gasteiger partial charge < -0.3 is 10.6 Å². The van der Waals surface area contributed by atoms with Crippen LogP contribution in [0, 0.1) is 5.92 Å². The first-order chi connectivity index (χ1) is 11.0. The Morgan fingerprint density at radius 1 is 1.04 bits per heavy atom. The first kappa shape index (κ1) is 16.3. The third-order valence-corrected chi connectivity index (χ3v) is 7.25. The monoisotopic (exact) mass is 336 g/mol. The predicted molar refractivity (Wildman–Crippen MR) is 89.6 cm³/mol. The molecule has 1 aliphatic heterocycles. The van der Waals surface area contributed by atoms with Gasteiger partial charge in [-0.25, -0.2) is 8.42 Å². The maximum atomic E-state index is 12.7. The largest absolute Gasteiger partial charge is 0.399 e. The molecule has 3 rings (SSSR count). The summed E-state index contributed by atoms with van der Waals surface area (Å²) in [4.78, 5) is 14.6. The summed E-state index contributed by atoms with van der Waals surface area (Å²) in [6.45, 7) is 0.871. The van der Waals surface area contributed by atoms with E-state index in [4.69, 9.17) is 5.73 Å². The van der Waals surface area contributed by atoms with Gasteiger partial charge in [-0.05, 0) is 43.5 Å². The van der Waals surface area contributed by atoms with Crippen LogP contribution in [0.3, 0.4) is 0 Å². The van der Waals surface area contributed by atoms with E-state index in [-0.39, 0.29) is 11.8 Å². The smallest absolute Gasteiger partial charge is 0.225 e. The van der Waals surface area contributed by atoms with Gasteiger partial charge >= 0.3 is 0 Å². The van der Waals surface area contributed by atoms with E-state index in [1.165, 1.54) is 6.42 Å². The minimum Gasteiger partial charge on any atom is -0.399 e. The Morgan fingerprint density at radius 3 is 2.35 bits per heavy atom. The van der Waals surface area contributed by atoms with Crippen molar-refractivity contribution in [2.45, 2.75) is 48.7 Å². The Labute approximate surface area is 137 Å². The number of sulfone groups is 1. The minimum absolute atomic E-state index is 0.0988. The second-order valence-corrected chi connectivity index (χ2v) is 8.87. The van der Waals surface area contributed by atoms with Crippen LogP contribution in [0.4, 0.5) is 5.69 Å². The number of amides is 1. The van der Waals surface area contributed by atoms with Crippen LogP contribution in [0.25, 0.3) is 0 Å². The Kier molecular flexibility index (Phi) is 4.62. The summed E-state index contributed by atoms with van der Waals surface area (Å²) in [7, 11) is -3.40. The molecule has 23 heavy (non-hydrogen) atoms. The summed E-state index contributed by atoms with van der Waals surface area (Å²) in [6, 6.07) is 6.31. The van der Waals surface area contributed by atoms with E-state index >= 15 is 0 Å². The fourth-order valence-corrected chi connectivity index (χ4v) is 5.33. The van der Waals surface area contributed by atoms with Crippen LogP contribution in [0.2, 0.25) is 0 Å². The molecule has 0 spiro atoms. The number of carbonyl (C=O) groups excluding carboxylic acids is 1. The van der Waals surface area contributed by atoms with Crippen LogP contribution in [-0.2, 0) is 14.6 Å². The van der Waals surface area contributed by atoms with Crippen molar-refractivity contribution in [1.29, 1.82) is 0 Å². The number of benzene rings is 1. The maximum Gasteiger partial charge on any atom is 0.225 e. The van der Waals surface area contributed by atoms with Crippen LogP contribution >= 0.6 is 0 Å². The van der Waals surface area contributed by atoms with Crippen LogP contribution in [0.5, 0.6) is 0 Å². The van der Waals surface area contributed by atoms with E-state index in [0.717, 1.165) is 25.7 Å². The molecular formula is C17H24N2O3S. The number of rotatable bonds is 3. The number of hydrogen-bond acceptors (Lipinski definition) is 4. The molecule has 2 N–H and O–H groups in total. The summed E-state index contributed by atoms with van der Waals surface area (Å²) >= 11 is 0. The van der Waals surface area contributed by atoms with Gasteiger partial charge in [-0.15, -0.1) is 0 Å². The summed E-state index contributed by atoms with van der Waals surface area (Å²) in [5.74, 6) is 0.251. The lowest BCUT2D eigenvalue weighted by Gasteiger charge is -2.26. The zero-order valence-corrected chi connectivity index (χ0v) is 14.1. The van der Waals surface area contributed by atoms with Gasteiger partial charge in [0.25, 0.3) is 0 Å². The molecule has 0 bridgehead atoms. The number of anilines is 1. The fraction of sp³-hybridized carbons (Fsp3) is 0.588. The zero-order valence-electron chi connectivity index (χ0n) is 13.3. The normalized spacial score (nSPS) is 23.1. The standard InChI is InChI=1S/C17H24N2O3S/c18-14-6-8-15(9-7-14)23(21,22)16-10-11-19(12-16)17(20)13-4-2-1-3-5-13/h6-9,13,16H,1-5,10-12,18H2. The molecule has 0 radical (unpaired) electrons. The highest BCUT2D eigenvalue weighted by Gasteiger charge is 2.38. The van der Waals surface area contributed by atoms with E-state index in [1.807, 2.05) is 0 Å². The van der Waals surface area contributed by atoms with Crippen molar-refractivity contribution in [3.05, 3.63) is 24.3 Å². The SMILES string of the molecule is Nc1ccc(S(=O)(=O)C2CCN(C(=O)C3CCCCC3)C2)cc1. The summed E-state index contributed by atoms with van der Waals surface area (Å²) < 4.78 is 25.4. The molecule has 1 aromatic carbocycles. The van der Waals surface area contributed by atoms with Crippen LogP contribution in [-0.4, -0.2) is 37.6 Å². The molecule has 1 amide bonds. The van der Waals surface area contributed by atoms with Gasteiger partial charge in [0, 0.05) is 24.7 Å². The van der Waals surface area contributed by atoms with Crippen LogP contribution in [0.15, 0.2) is 29.2 Å². The Hall–Kier alpha value is -1.56. The van der Waals surface area contributed by atoms with E-state index in [1.54, 1.807) is 29.2 Å². The first-order valence-electron chi connectivity index (χ1n) is 8.37. The van der Waals surface area contributed by atoms with Gasteiger partial charge in [0.15, 0.2) is 9.84 Å². The Morgan fingerprint density at radius 2 is 1.70 bits per heavy atom. The molecule has 1 atom stereocenters. The lowest BCUT2D eigenvalue weighted by molar-refractivity contribution is -0.135. The molecule has 2 aliphatic rings. The molecule has 1 unspecified atom stereocenters. The van der Waals surface area contributed by atoms with Crippen molar-refractivity contribution < 1.29 is 13.2 Å². The van der Waals surface area contributed by atoms with Crippen molar-refractivity contribution in [3.63, 3.8) is 0 Å². The highest BCUT2D eigenvalue weighted by molar-refractivity contribution is 7.92. The maximum absolute atomic E-state index is 12.7. The Bertz CT molecular complexity index is 664. The van der Waals surface area contributed by atoms with Crippen molar-refractivity contribution in [1.82, 2.24) is 4.90 Å². The van der Waals surface area contributed by atoms with Crippen molar-refractivity contribution in [2.24, 2.45) is 5.92 Å². The van der Waals surface area contributed by atoms with E-state index in [0.29, 0.717) is 30.1 Å². The average molecular weight is 336 g/mol. The molecule has 0 aromatic heterocycles. The van der Waals surface area contributed by atoms with Crippen LogP contribution in [0.1, 0.15) is 38.5 Å². The predicted octanol–water partition coefficient (Wildman–Crippen LogP) is 2.22. The molecule has 1 heterocycles. The van der Waals surface area contributed by atoms with Crippen molar-refractivity contribution in [2.75, 3.05) is 18.8 Å². The number of hydrogen-bond donors (Lipinski definition) is 1.